The first-order valence-corrected chi connectivity index (χ1v) is 7.68. The van der Waals surface area contributed by atoms with Gasteiger partial charge in [0.2, 0.25) is 10.0 Å². The monoisotopic (exact) mass is 305 g/mol. The van der Waals surface area contributed by atoms with Gasteiger partial charge in [0.05, 0.1) is 11.3 Å². The highest BCUT2D eigenvalue weighted by atomic mass is 32.2. The molecule has 0 saturated carbocycles. The molecule has 1 amide bonds. The molecule has 0 aliphatic rings. The Morgan fingerprint density at radius 1 is 1.24 bits per heavy atom. The average molecular weight is 305 g/mol. The van der Waals surface area contributed by atoms with Crippen LogP contribution in [0.15, 0.2) is 47.5 Å². The van der Waals surface area contributed by atoms with Crippen LogP contribution in [0.3, 0.4) is 0 Å². The molecule has 110 valence electrons. The highest BCUT2D eigenvalue weighted by Crippen LogP contribution is 2.18. The summed E-state index contributed by atoms with van der Waals surface area (Å²) in [7, 11) is -2.29. The van der Waals surface area contributed by atoms with E-state index in [1.54, 1.807) is 26.1 Å². The number of pyridine rings is 1. The van der Waals surface area contributed by atoms with Gasteiger partial charge in [0.1, 0.15) is 4.90 Å². The van der Waals surface area contributed by atoms with E-state index >= 15 is 0 Å². The number of aromatic nitrogens is 1. The van der Waals surface area contributed by atoms with Gasteiger partial charge >= 0.3 is 0 Å². The van der Waals surface area contributed by atoms with Crippen molar-refractivity contribution >= 4 is 21.6 Å². The zero-order chi connectivity index (χ0) is 15.6. The summed E-state index contributed by atoms with van der Waals surface area (Å²) < 4.78 is 22.7. The van der Waals surface area contributed by atoms with Crippen molar-refractivity contribution in [3.05, 3.63) is 53.9 Å². The maximum absolute atomic E-state index is 12.5. The summed E-state index contributed by atoms with van der Waals surface area (Å²) in [6, 6.07) is 10.3. The Hall–Kier alpha value is -2.25. The molecule has 0 aliphatic carbocycles. The number of aryl methyl sites for hydroxylation is 1. The van der Waals surface area contributed by atoms with Crippen LogP contribution in [-0.4, -0.2) is 26.4 Å². The van der Waals surface area contributed by atoms with E-state index < -0.39 is 10.0 Å². The van der Waals surface area contributed by atoms with Gasteiger partial charge in [-0.2, -0.15) is 0 Å². The van der Waals surface area contributed by atoms with Crippen molar-refractivity contribution in [2.75, 3.05) is 11.9 Å². The van der Waals surface area contributed by atoms with Gasteiger partial charge in [-0.15, -0.1) is 0 Å². The Bertz CT molecular complexity index is 773. The number of sulfonamides is 1. The van der Waals surface area contributed by atoms with Gasteiger partial charge in [-0.25, -0.2) is 13.6 Å². The number of para-hydroxylation sites is 1. The highest BCUT2D eigenvalue weighted by molar-refractivity contribution is 7.89. The molecule has 0 fully saturated rings. The van der Waals surface area contributed by atoms with E-state index in [1.165, 1.54) is 11.0 Å². The van der Waals surface area contributed by atoms with Crippen LogP contribution in [0.5, 0.6) is 0 Å². The maximum Gasteiger partial charge on any atom is 0.259 e. The first-order chi connectivity index (χ1) is 9.80. The lowest BCUT2D eigenvalue weighted by Crippen LogP contribution is -2.27. The van der Waals surface area contributed by atoms with E-state index in [9.17, 15) is 13.2 Å². The van der Waals surface area contributed by atoms with Crippen molar-refractivity contribution in [3.63, 3.8) is 0 Å². The standard InChI is InChI=1S/C14H15N3O3S/c1-10-13(8-12(9-16-10)21(15,19)20)14(18)17(2)11-6-4-3-5-7-11/h3-9H,1-2H3,(H2,15,19,20). The van der Waals surface area contributed by atoms with Crippen molar-refractivity contribution in [2.24, 2.45) is 5.14 Å². The highest BCUT2D eigenvalue weighted by Gasteiger charge is 2.19. The van der Waals surface area contributed by atoms with Crippen molar-refractivity contribution in [1.82, 2.24) is 4.98 Å². The maximum atomic E-state index is 12.5. The molecular formula is C14H15N3O3S. The van der Waals surface area contributed by atoms with E-state index in [1.807, 2.05) is 18.2 Å². The van der Waals surface area contributed by atoms with Crippen molar-refractivity contribution < 1.29 is 13.2 Å². The average Bonchev–Trinajstić information content (AvgIpc) is 2.46. The molecule has 0 bridgehead atoms. The Kier molecular flexibility index (Phi) is 4.06. The second-order valence-corrected chi connectivity index (χ2v) is 6.11. The largest absolute Gasteiger partial charge is 0.311 e. The number of hydrogen-bond acceptors (Lipinski definition) is 4. The number of carbonyl (C=O) groups is 1. The summed E-state index contributed by atoms with van der Waals surface area (Å²) in [5, 5.41) is 5.07. The lowest BCUT2D eigenvalue weighted by molar-refractivity contribution is 0.0992. The molecule has 0 saturated heterocycles. The number of carbonyl (C=O) groups excluding carboxylic acids is 1. The van der Waals surface area contributed by atoms with Gasteiger partial charge < -0.3 is 4.90 Å². The second kappa shape index (κ2) is 5.63. The predicted octanol–water partition coefficient (Wildman–Crippen LogP) is 1.31. The van der Waals surface area contributed by atoms with Crippen LogP contribution in [0.25, 0.3) is 0 Å². The zero-order valence-corrected chi connectivity index (χ0v) is 12.5. The molecule has 1 aromatic heterocycles. The number of amides is 1. The first-order valence-electron chi connectivity index (χ1n) is 6.13. The SMILES string of the molecule is Cc1ncc(S(N)(=O)=O)cc1C(=O)N(C)c1ccccc1. The zero-order valence-electron chi connectivity index (χ0n) is 11.6. The minimum atomic E-state index is -3.90. The predicted molar refractivity (Wildman–Crippen MR) is 79.5 cm³/mol. The summed E-state index contributed by atoms with van der Waals surface area (Å²) in [5.41, 5.74) is 1.34. The Morgan fingerprint density at radius 3 is 2.43 bits per heavy atom. The van der Waals surface area contributed by atoms with Crippen LogP contribution < -0.4 is 10.0 Å². The van der Waals surface area contributed by atoms with Crippen molar-refractivity contribution in [2.45, 2.75) is 11.8 Å². The van der Waals surface area contributed by atoms with Gasteiger partial charge in [0, 0.05) is 18.9 Å². The van der Waals surface area contributed by atoms with Crippen LogP contribution in [0.4, 0.5) is 5.69 Å². The van der Waals surface area contributed by atoms with Crippen molar-refractivity contribution in [3.8, 4) is 0 Å². The molecule has 6 nitrogen and oxygen atoms in total. The molecule has 7 heteroatoms. The first kappa shape index (κ1) is 15.1. The van der Waals surface area contributed by atoms with Crippen LogP contribution in [0.2, 0.25) is 0 Å². The van der Waals surface area contributed by atoms with Crippen LogP contribution in [0, 0.1) is 6.92 Å². The Balaban J connectivity index is 2.44. The summed E-state index contributed by atoms with van der Waals surface area (Å²) in [6.07, 6.45) is 1.14. The number of anilines is 1. The molecule has 0 atom stereocenters. The quantitative estimate of drug-likeness (QED) is 0.925. The van der Waals surface area contributed by atoms with E-state index in [2.05, 4.69) is 4.98 Å². The van der Waals surface area contributed by atoms with Gasteiger partial charge in [-0.3, -0.25) is 9.78 Å². The van der Waals surface area contributed by atoms with E-state index in [0.29, 0.717) is 11.4 Å². The Labute approximate surface area is 123 Å². The molecule has 2 aromatic rings. The molecule has 0 aliphatic heterocycles. The fraction of sp³-hybridized carbons (Fsp3) is 0.143. The minimum absolute atomic E-state index is 0.182. The lowest BCUT2D eigenvalue weighted by atomic mass is 10.1. The molecule has 2 N–H and O–H groups in total. The number of hydrogen-bond donors (Lipinski definition) is 1. The molecule has 1 aromatic carbocycles. The molecule has 2 rings (SSSR count). The number of rotatable bonds is 3. The number of primary sulfonamides is 1. The molecular weight excluding hydrogens is 290 g/mol. The van der Waals surface area contributed by atoms with Crippen LogP contribution >= 0.6 is 0 Å². The van der Waals surface area contributed by atoms with Crippen LogP contribution in [0.1, 0.15) is 16.1 Å². The minimum Gasteiger partial charge on any atom is -0.311 e. The molecule has 0 spiro atoms. The summed E-state index contributed by atoms with van der Waals surface area (Å²) >= 11 is 0. The number of nitrogens with two attached hydrogens (primary N) is 1. The number of nitrogens with zero attached hydrogens (tertiary/aromatic N) is 2. The third-order valence-electron chi connectivity index (χ3n) is 3.07. The third-order valence-corrected chi connectivity index (χ3v) is 3.95. The molecule has 21 heavy (non-hydrogen) atoms. The molecule has 0 unspecified atom stereocenters. The molecule has 1 heterocycles. The summed E-state index contributed by atoms with van der Waals surface area (Å²) in [5.74, 6) is -0.350. The fourth-order valence-electron chi connectivity index (χ4n) is 1.84. The van der Waals surface area contributed by atoms with Gasteiger partial charge in [0.15, 0.2) is 0 Å². The number of benzene rings is 1. The van der Waals surface area contributed by atoms with Crippen LogP contribution in [-0.2, 0) is 10.0 Å². The normalized spacial score (nSPS) is 11.2. The van der Waals surface area contributed by atoms with E-state index in [4.69, 9.17) is 5.14 Å². The summed E-state index contributed by atoms with van der Waals surface area (Å²) in [4.78, 5) is 17.7. The molecule has 0 radical (unpaired) electrons. The van der Waals surface area contributed by atoms with Gasteiger partial charge in [0.25, 0.3) is 5.91 Å². The summed E-state index contributed by atoms with van der Waals surface area (Å²) in [6.45, 7) is 1.64. The van der Waals surface area contributed by atoms with Crippen molar-refractivity contribution in [1.29, 1.82) is 0 Å². The Morgan fingerprint density at radius 2 is 1.86 bits per heavy atom. The second-order valence-electron chi connectivity index (χ2n) is 4.55. The third kappa shape index (κ3) is 3.26. The van der Waals surface area contributed by atoms with Gasteiger partial charge in [-0.05, 0) is 25.1 Å². The lowest BCUT2D eigenvalue weighted by Gasteiger charge is -2.18. The van der Waals surface area contributed by atoms with E-state index in [0.717, 1.165) is 6.20 Å². The fourth-order valence-corrected chi connectivity index (χ4v) is 2.32. The smallest absolute Gasteiger partial charge is 0.259 e. The topological polar surface area (TPSA) is 93.4 Å². The van der Waals surface area contributed by atoms with Gasteiger partial charge in [-0.1, -0.05) is 18.2 Å². The van der Waals surface area contributed by atoms with E-state index in [-0.39, 0.29) is 16.4 Å².